The maximum atomic E-state index is 2.53. The highest BCUT2D eigenvalue weighted by Gasteiger charge is 2.59. The first-order valence-corrected chi connectivity index (χ1v) is 6.02. The molecule has 2 rings (SSSR count). The van der Waals surface area contributed by atoms with Gasteiger partial charge in [0, 0.05) is 0 Å². The highest BCUT2D eigenvalue weighted by Crippen LogP contribution is 2.65. The molecule has 76 valence electrons. The molecule has 6 unspecified atom stereocenters. The molecule has 0 aliphatic heterocycles. The van der Waals surface area contributed by atoms with Crippen molar-refractivity contribution >= 4 is 0 Å². The first-order valence-electron chi connectivity index (χ1n) is 6.02. The molecule has 0 aromatic rings. The Kier molecular flexibility index (Phi) is 2.02. The van der Waals surface area contributed by atoms with Gasteiger partial charge in [-0.05, 0) is 41.4 Å². The molecular formula is C13H24. The zero-order valence-corrected chi connectivity index (χ0v) is 9.80. The van der Waals surface area contributed by atoms with E-state index in [2.05, 4.69) is 34.6 Å². The topological polar surface area (TPSA) is 0 Å². The lowest BCUT2D eigenvalue weighted by molar-refractivity contribution is 0.0219. The summed E-state index contributed by atoms with van der Waals surface area (Å²) >= 11 is 0. The van der Waals surface area contributed by atoms with Gasteiger partial charge in [-0.15, -0.1) is 0 Å². The molecule has 0 amide bonds. The first-order chi connectivity index (χ1) is 6.02. The van der Waals surface area contributed by atoms with Gasteiger partial charge in [-0.2, -0.15) is 0 Å². The van der Waals surface area contributed by atoms with Crippen molar-refractivity contribution in [3.05, 3.63) is 0 Å². The fraction of sp³-hybridized carbons (Fsp3) is 1.00. The lowest BCUT2D eigenvalue weighted by atomic mass is 9.58. The number of rotatable bonds is 1. The smallest absolute Gasteiger partial charge is 0.0269 e. The second-order valence-corrected chi connectivity index (χ2v) is 5.90. The van der Waals surface area contributed by atoms with Gasteiger partial charge in [-0.25, -0.2) is 0 Å². The quantitative estimate of drug-likeness (QED) is 0.573. The highest BCUT2D eigenvalue weighted by molar-refractivity contribution is 5.07. The van der Waals surface area contributed by atoms with Crippen LogP contribution in [0.1, 0.15) is 47.5 Å². The molecule has 2 aliphatic rings. The predicted molar refractivity (Wildman–Crippen MR) is 57.5 cm³/mol. The second kappa shape index (κ2) is 2.74. The Hall–Kier alpha value is 0. The third-order valence-electron chi connectivity index (χ3n) is 5.79. The van der Waals surface area contributed by atoms with E-state index in [-0.39, 0.29) is 0 Å². The molecule has 0 bridgehead atoms. The van der Waals surface area contributed by atoms with Gasteiger partial charge in [0.2, 0.25) is 0 Å². The van der Waals surface area contributed by atoms with Crippen LogP contribution >= 0.6 is 0 Å². The summed E-state index contributed by atoms with van der Waals surface area (Å²) < 4.78 is 0. The standard InChI is InChI=1S/C13H24/c1-6-13(5)10(4)9(3)12-8(2)7-11(12)13/h8-12H,6-7H2,1-5H3. The fourth-order valence-electron chi connectivity index (χ4n) is 4.36. The van der Waals surface area contributed by atoms with E-state index in [1.54, 1.807) is 0 Å². The average Bonchev–Trinajstić information content (AvgIpc) is 2.24. The summed E-state index contributed by atoms with van der Waals surface area (Å²) in [7, 11) is 0. The van der Waals surface area contributed by atoms with E-state index in [4.69, 9.17) is 0 Å². The van der Waals surface area contributed by atoms with Crippen molar-refractivity contribution in [2.75, 3.05) is 0 Å². The van der Waals surface area contributed by atoms with Crippen LogP contribution in [-0.4, -0.2) is 0 Å². The van der Waals surface area contributed by atoms with E-state index in [1.165, 1.54) is 12.8 Å². The summed E-state index contributed by atoms with van der Waals surface area (Å²) in [5.74, 6) is 5.03. The molecule has 13 heavy (non-hydrogen) atoms. The minimum Gasteiger partial charge on any atom is -0.0648 e. The summed E-state index contributed by atoms with van der Waals surface area (Å²) in [6.45, 7) is 12.3. The summed E-state index contributed by atoms with van der Waals surface area (Å²) in [4.78, 5) is 0. The van der Waals surface area contributed by atoms with Crippen LogP contribution in [0.25, 0.3) is 0 Å². The minimum atomic E-state index is 0.663. The average molecular weight is 180 g/mol. The number of hydrogen-bond donors (Lipinski definition) is 0. The minimum absolute atomic E-state index is 0.663. The monoisotopic (exact) mass is 180 g/mol. The molecule has 6 atom stereocenters. The van der Waals surface area contributed by atoms with Gasteiger partial charge < -0.3 is 0 Å². The molecule has 0 saturated heterocycles. The Balaban J connectivity index is 2.25. The third kappa shape index (κ3) is 0.980. The maximum absolute atomic E-state index is 2.53. The Labute approximate surface area is 83.1 Å². The predicted octanol–water partition coefficient (Wildman–Crippen LogP) is 3.96. The first kappa shape index (κ1) is 9.55. The Morgan fingerprint density at radius 1 is 1.23 bits per heavy atom. The summed E-state index contributed by atoms with van der Waals surface area (Å²) in [5, 5.41) is 0. The van der Waals surface area contributed by atoms with Crippen LogP contribution in [0.3, 0.4) is 0 Å². The van der Waals surface area contributed by atoms with E-state index in [9.17, 15) is 0 Å². The zero-order valence-electron chi connectivity index (χ0n) is 9.80. The molecule has 0 aromatic heterocycles. The van der Waals surface area contributed by atoms with Crippen molar-refractivity contribution in [1.82, 2.24) is 0 Å². The molecule has 0 aromatic carbocycles. The normalized spacial score (nSPS) is 60.2. The molecule has 2 saturated carbocycles. The molecule has 0 heteroatoms. The van der Waals surface area contributed by atoms with Crippen LogP contribution < -0.4 is 0 Å². The Bertz CT molecular complexity index is 206. The largest absolute Gasteiger partial charge is 0.0648 e. The molecule has 2 fully saturated rings. The van der Waals surface area contributed by atoms with Crippen LogP contribution in [0, 0.1) is 35.0 Å². The molecule has 0 N–H and O–H groups in total. The lowest BCUT2D eigenvalue weighted by Crippen LogP contribution is -2.39. The molecule has 0 heterocycles. The van der Waals surface area contributed by atoms with Crippen molar-refractivity contribution in [2.45, 2.75) is 47.5 Å². The van der Waals surface area contributed by atoms with Gasteiger partial charge in [-0.3, -0.25) is 0 Å². The van der Waals surface area contributed by atoms with E-state index in [1.807, 2.05) is 0 Å². The van der Waals surface area contributed by atoms with Crippen LogP contribution in [0.5, 0.6) is 0 Å². The second-order valence-electron chi connectivity index (χ2n) is 5.90. The Morgan fingerprint density at radius 3 is 2.23 bits per heavy atom. The summed E-state index contributed by atoms with van der Waals surface area (Å²) in [6, 6.07) is 0. The molecule has 0 nitrogen and oxygen atoms in total. The zero-order chi connectivity index (χ0) is 9.80. The van der Waals surface area contributed by atoms with Crippen molar-refractivity contribution in [2.24, 2.45) is 35.0 Å². The van der Waals surface area contributed by atoms with Crippen LogP contribution in [0.2, 0.25) is 0 Å². The molecular weight excluding hydrogens is 156 g/mol. The van der Waals surface area contributed by atoms with Gasteiger partial charge in [0.05, 0.1) is 0 Å². The molecule has 2 aliphatic carbocycles. The van der Waals surface area contributed by atoms with E-state index < -0.39 is 0 Å². The summed E-state index contributed by atoms with van der Waals surface area (Å²) in [6.07, 6.45) is 2.88. The number of hydrogen-bond acceptors (Lipinski definition) is 0. The third-order valence-corrected chi connectivity index (χ3v) is 5.79. The van der Waals surface area contributed by atoms with Gasteiger partial charge in [0.25, 0.3) is 0 Å². The van der Waals surface area contributed by atoms with Crippen LogP contribution in [0.4, 0.5) is 0 Å². The van der Waals surface area contributed by atoms with Crippen molar-refractivity contribution in [1.29, 1.82) is 0 Å². The van der Waals surface area contributed by atoms with E-state index in [0.29, 0.717) is 5.41 Å². The summed E-state index contributed by atoms with van der Waals surface area (Å²) in [5.41, 5.74) is 0.663. The SMILES string of the molecule is CCC1(C)C(C)C(C)C2C(C)CC21. The van der Waals surface area contributed by atoms with Crippen molar-refractivity contribution < 1.29 is 0 Å². The Morgan fingerprint density at radius 2 is 1.85 bits per heavy atom. The van der Waals surface area contributed by atoms with Crippen molar-refractivity contribution in [3.63, 3.8) is 0 Å². The van der Waals surface area contributed by atoms with Gasteiger partial charge in [0.1, 0.15) is 0 Å². The number of fused-ring (bicyclic) bond motifs is 1. The lowest BCUT2D eigenvalue weighted by Gasteiger charge is -2.46. The molecule has 0 spiro atoms. The van der Waals surface area contributed by atoms with Gasteiger partial charge >= 0.3 is 0 Å². The van der Waals surface area contributed by atoms with Crippen LogP contribution in [0.15, 0.2) is 0 Å². The van der Waals surface area contributed by atoms with Crippen molar-refractivity contribution in [3.8, 4) is 0 Å². The maximum Gasteiger partial charge on any atom is -0.0269 e. The van der Waals surface area contributed by atoms with Gasteiger partial charge in [-0.1, -0.05) is 41.0 Å². The highest BCUT2D eigenvalue weighted by atomic mass is 14.6. The van der Waals surface area contributed by atoms with Gasteiger partial charge in [0.15, 0.2) is 0 Å². The van der Waals surface area contributed by atoms with Crippen LogP contribution in [-0.2, 0) is 0 Å². The van der Waals surface area contributed by atoms with E-state index >= 15 is 0 Å². The van der Waals surface area contributed by atoms with E-state index in [0.717, 1.165) is 29.6 Å². The fourth-order valence-corrected chi connectivity index (χ4v) is 4.36. The molecule has 0 radical (unpaired) electrons.